The lowest BCUT2D eigenvalue weighted by Crippen LogP contribution is -2.08. The molecule has 1 aliphatic heterocycles. The summed E-state index contributed by atoms with van der Waals surface area (Å²) < 4.78 is 0. The van der Waals surface area contributed by atoms with Gasteiger partial charge in [-0.2, -0.15) is 0 Å². The topological polar surface area (TPSA) is 12.5 Å². The Kier molecular flexibility index (Phi) is 1.01. The Morgan fingerprint density at radius 1 is 1.75 bits per heavy atom. The van der Waals surface area contributed by atoms with E-state index >= 15 is 0 Å². The van der Waals surface area contributed by atoms with Crippen LogP contribution in [0.2, 0.25) is 0 Å². The Hall–Kier alpha value is -0.920. The summed E-state index contributed by atoms with van der Waals surface area (Å²) in [4.78, 5) is 5.07. The van der Waals surface area contributed by atoms with Gasteiger partial charge in [0, 0.05) is 13.1 Å². The molecule has 0 saturated heterocycles. The van der Waals surface area contributed by atoms with Crippen LogP contribution in [0.5, 0.6) is 0 Å². The van der Waals surface area contributed by atoms with Gasteiger partial charge in [0.2, 0.25) is 0 Å². The Balaban J connectivity index is 2.70. The van der Waals surface area contributed by atoms with E-state index in [2.05, 4.69) is 6.58 Å². The third-order valence-corrected chi connectivity index (χ3v) is 1.06. The van der Waals surface area contributed by atoms with Crippen LogP contribution >= 0.6 is 0 Å². The van der Waals surface area contributed by atoms with Gasteiger partial charge in [0.1, 0.15) is 5.76 Å². The van der Waals surface area contributed by atoms with Gasteiger partial charge in [-0.3, -0.25) is 0 Å². The molecule has 0 aliphatic carbocycles. The van der Waals surface area contributed by atoms with Crippen LogP contribution in [0, 0.1) is 0 Å². The van der Waals surface area contributed by atoms with Crippen LogP contribution in [0.4, 0.5) is 0 Å². The molecule has 2 heteroatoms. The van der Waals surface area contributed by atoms with Gasteiger partial charge in [0.05, 0.1) is 5.70 Å². The van der Waals surface area contributed by atoms with Gasteiger partial charge in [-0.25, -0.2) is 5.06 Å². The molecular weight excluding hydrogens is 102 g/mol. The SMILES string of the molecule is C=C1C=C(C)ON1C. The third kappa shape index (κ3) is 0.689. The highest BCUT2D eigenvalue weighted by Crippen LogP contribution is 2.15. The van der Waals surface area contributed by atoms with E-state index < -0.39 is 0 Å². The first-order valence-electron chi connectivity index (χ1n) is 2.49. The molecule has 8 heavy (non-hydrogen) atoms. The number of hydrogen-bond acceptors (Lipinski definition) is 2. The molecule has 0 aromatic heterocycles. The minimum absolute atomic E-state index is 0.900. The van der Waals surface area contributed by atoms with E-state index in [0.717, 1.165) is 11.5 Å². The number of likely N-dealkylation sites (N-methyl/N-ethyl adjacent to an activating group) is 1. The molecule has 0 aromatic rings. The van der Waals surface area contributed by atoms with Crippen molar-refractivity contribution in [3.05, 3.63) is 24.1 Å². The maximum Gasteiger partial charge on any atom is 0.131 e. The molecule has 1 heterocycles. The highest BCUT2D eigenvalue weighted by Gasteiger charge is 2.08. The predicted octanol–water partition coefficient (Wildman–Crippen LogP) is 1.28. The Bertz CT molecular complexity index is 149. The van der Waals surface area contributed by atoms with Crippen LogP contribution in [0.25, 0.3) is 0 Å². The molecule has 1 aliphatic rings. The van der Waals surface area contributed by atoms with Gasteiger partial charge >= 0.3 is 0 Å². The normalized spacial score (nSPS) is 18.5. The predicted molar refractivity (Wildman–Crippen MR) is 31.7 cm³/mol. The van der Waals surface area contributed by atoms with Crippen LogP contribution in [-0.4, -0.2) is 12.1 Å². The summed E-state index contributed by atoms with van der Waals surface area (Å²) in [5.74, 6) is 0.900. The molecule has 0 saturated carbocycles. The van der Waals surface area contributed by atoms with E-state index in [1.165, 1.54) is 0 Å². The average Bonchev–Trinajstić information content (AvgIpc) is 1.85. The van der Waals surface area contributed by atoms with E-state index in [1.54, 1.807) is 5.06 Å². The molecule has 0 spiro atoms. The summed E-state index contributed by atoms with van der Waals surface area (Å²) in [7, 11) is 1.83. The maximum atomic E-state index is 5.07. The van der Waals surface area contributed by atoms with Crippen LogP contribution in [0.15, 0.2) is 24.1 Å². The Morgan fingerprint density at radius 2 is 2.38 bits per heavy atom. The van der Waals surface area contributed by atoms with Crippen molar-refractivity contribution in [2.45, 2.75) is 6.92 Å². The minimum Gasteiger partial charge on any atom is -0.385 e. The quantitative estimate of drug-likeness (QED) is 0.467. The highest BCUT2D eigenvalue weighted by molar-refractivity contribution is 5.17. The third-order valence-electron chi connectivity index (χ3n) is 1.06. The molecule has 0 fully saturated rings. The van der Waals surface area contributed by atoms with E-state index in [1.807, 2.05) is 20.0 Å². The van der Waals surface area contributed by atoms with Crippen molar-refractivity contribution in [1.82, 2.24) is 5.06 Å². The molecule has 0 bridgehead atoms. The number of allylic oxidation sites excluding steroid dienone is 2. The van der Waals surface area contributed by atoms with Gasteiger partial charge in [-0.15, -0.1) is 0 Å². The van der Waals surface area contributed by atoms with Crippen LogP contribution < -0.4 is 0 Å². The van der Waals surface area contributed by atoms with E-state index in [0.29, 0.717) is 0 Å². The lowest BCUT2D eigenvalue weighted by Gasteiger charge is -2.10. The van der Waals surface area contributed by atoms with E-state index in [9.17, 15) is 0 Å². The second-order valence-corrected chi connectivity index (χ2v) is 1.84. The zero-order chi connectivity index (χ0) is 6.15. The first kappa shape index (κ1) is 5.22. The Morgan fingerprint density at radius 3 is 2.50 bits per heavy atom. The molecule has 44 valence electrons. The molecule has 0 amide bonds. The zero-order valence-corrected chi connectivity index (χ0v) is 5.14. The summed E-state index contributed by atoms with van der Waals surface area (Å²) in [6.07, 6.45) is 1.89. The molecule has 0 atom stereocenters. The van der Waals surface area contributed by atoms with Crippen molar-refractivity contribution in [3.63, 3.8) is 0 Å². The monoisotopic (exact) mass is 111 g/mol. The van der Waals surface area contributed by atoms with Gasteiger partial charge in [-0.05, 0) is 6.92 Å². The number of hydroxylamine groups is 2. The summed E-state index contributed by atoms with van der Waals surface area (Å²) >= 11 is 0. The molecule has 0 unspecified atom stereocenters. The van der Waals surface area contributed by atoms with Crippen molar-refractivity contribution in [2.24, 2.45) is 0 Å². The fourth-order valence-corrected chi connectivity index (χ4v) is 0.626. The van der Waals surface area contributed by atoms with Crippen molar-refractivity contribution < 1.29 is 4.84 Å². The lowest BCUT2D eigenvalue weighted by atomic mass is 10.4. The summed E-state index contributed by atoms with van der Waals surface area (Å²) in [5, 5.41) is 1.63. The second kappa shape index (κ2) is 1.54. The first-order chi connectivity index (χ1) is 3.70. The van der Waals surface area contributed by atoms with E-state index in [4.69, 9.17) is 4.84 Å². The largest absolute Gasteiger partial charge is 0.385 e. The van der Waals surface area contributed by atoms with Crippen LogP contribution in [0.1, 0.15) is 6.92 Å². The fraction of sp³-hybridized carbons (Fsp3) is 0.333. The van der Waals surface area contributed by atoms with Crippen molar-refractivity contribution >= 4 is 0 Å². The molecule has 0 N–H and O–H groups in total. The van der Waals surface area contributed by atoms with E-state index in [-0.39, 0.29) is 0 Å². The number of hydrogen-bond donors (Lipinski definition) is 0. The molecular formula is C6H9NO. The van der Waals surface area contributed by atoms with Crippen molar-refractivity contribution in [3.8, 4) is 0 Å². The van der Waals surface area contributed by atoms with Gasteiger partial charge in [-0.1, -0.05) is 6.58 Å². The van der Waals surface area contributed by atoms with Gasteiger partial charge in [0.15, 0.2) is 0 Å². The summed E-state index contributed by atoms with van der Waals surface area (Å²) in [6, 6.07) is 0. The Labute approximate surface area is 49.0 Å². The van der Waals surface area contributed by atoms with Gasteiger partial charge < -0.3 is 4.84 Å². The summed E-state index contributed by atoms with van der Waals surface area (Å²) in [6.45, 7) is 5.61. The second-order valence-electron chi connectivity index (χ2n) is 1.84. The maximum absolute atomic E-state index is 5.07. The molecule has 2 nitrogen and oxygen atoms in total. The number of rotatable bonds is 0. The van der Waals surface area contributed by atoms with Gasteiger partial charge in [0.25, 0.3) is 0 Å². The van der Waals surface area contributed by atoms with Crippen molar-refractivity contribution in [2.75, 3.05) is 7.05 Å². The first-order valence-corrected chi connectivity index (χ1v) is 2.49. The number of nitrogens with zero attached hydrogens (tertiary/aromatic N) is 1. The summed E-state index contributed by atoms with van der Waals surface area (Å²) in [5.41, 5.74) is 0.905. The highest BCUT2D eigenvalue weighted by atomic mass is 16.7. The molecule has 0 radical (unpaired) electrons. The molecule has 0 aromatic carbocycles. The smallest absolute Gasteiger partial charge is 0.131 e. The minimum atomic E-state index is 0.900. The molecule has 1 rings (SSSR count). The van der Waals surface area contributed by atoms with Crippen LogP contribution in [0.3, 0.4) is 0 Å². The lowest BCUT2D eigenvalue weighted by molar-refractivity contribution is -0.0423. The average molecular weight is 111 g/mol. The fourth-order valence-electron chi connectivity index (χ4n) is 0.626. The standard InChI is InChI=1S/C6H9NO/c1-5-4-6(2)8-7(5)3/h4H,1H2,2-3H3. The van der Waals surface area contributed by atoms with Crippen LogP contribution in [-0.2, 0) is 4.84 Å². The zero-order valence-electron chi connectivity index (χ0n) is 5.14. The van der Waals surface area contributed by atoms with Crippen molar-refractivity contribution in [1.29, 1.82) is 0 Å².